The van der Waals surface area contributed by atoms with Crippen molar-refractivity contribution in [1.29, 1.82) is 0 Å². The van der Waals surface area contributed by atoms with E-state index in [0.717, 1.165) is 0 Å². The van der Waals surface area contributed by atoms with E-state index in [4.69, 9.17) is 0 Å². The molecular weight excluding hydrogens is 190 g/mol. The minimum absolute atomic E-state index is 0.164. The number of nitrogens with zero attached hydrogens (tertiary/aromatic N) is 2. The van der Waals surface area contributed by atoms with Crippen LogP contribution in [0.2, 0.25) is 0 Å². The maximum absolute atomic E-state index is 11.5. The Bertz CT molecular complexity index is 479. The molecule has 0 spiro atoms. The van der Waals surface area contributed by atoms with Gasteiger partial charge in [0.2, 0.25) is 0 Å². The van der Waals surface area contributed by atoms with Crippen LogP contribution in [0, 0.1) is 6.92 Å². The van der Waals surface area contributed by atoms with Gasteiger partial charge in [-0.3, -0.25) is 4.72 Å². The highest BCUT2D eigenvalue weighted by Crippen LogP contribution is 2.20. The summed E-state index contributed by atoms with van der Waals surface area (Å²) in [6.45, 7) is 1.64. The topological polar surface area (TPSA) is 72.0 Å². The number of nitrogens with one attached hydrogen (secondary N) is 1. The molecule has 0 amide bonds. The molecule has 0 saturated heterocycles. The lowest BCUT2D eigenvalue weighted by Gasteiger charge is -2.12. The average Bonchev–Trinajstić information content (AvgIpc) is 2.02. The van der Waals surface area contributed by atoms with Crippen LogP contribution in [0.1, 0.15) is 11.4 Å². The molecule has 68 valence electrons. The second-order valence-corrected chi connectivity index (χ2v) is 4.28. The van der Waals surface area contributed by atoms with Crippen molar-refractivity contribution in [3.8, 4) is 0 Å². The molecule has 0 saturated carbocycles. The first-order valence-electron chi connectivity index (χ1n) is 3.62. The molecule has 13 heavy (non-hydrogen) atoms. The third-order valence-electron chi connectivity index (χ3n) is 1.74. The molecule has 1 aliphatic rings. The summed E-state index contributed by atoms with van der Waals surface area (Å²) in [5, 5.41) is 0. The molecule has 0 bridgehead atoms. The van der Waals surface area contributed by atoms with Crippen LogP contribution in [0.25, 0.3) is 6.08 Å². The van der Waals surface area contributed by atoms with Gasteiger partial charge in [-0.25, -0.2) is 18.4 Å². The standard InChI is InChI=1S/C7H7N3O2S/c1-5-7-6(9-4-8-5)2-3-10-13(7,11)12/h2-4,10H,1H3. The van der Waals surface area contributed by atoms with E-state index in [9.17, 15) is 8.42 Å². The monoisotopic (exact) mass is 197 g/mol. The fourth-order valence-corrected chi connectivity index (χ4v) is 2.40. The normalized spacial score (nSPS) is 17.6. The molecule has 0 aromatic carbocycles. The highest BCUT2D eigenvalue weighted by atomic mass is 32.2. The molecule has 0 unspecified atom stereocenters. The highest BCUT2D eigenvalue weighted by Gasteiger charge is 2.23. The van der Waals surface area contributed by atoms with Crippen LogP contribution >= 0.6 is 0 Å². The smallest absolute Gasteiger partial charge is 0.265 e. The Kier molecular flexibility index (Phi) is 1.59. The molecule has 1 aliphatic heterocycles. The third kappa shape index (κ3) is 1.19. The Labute approximate surface area is 75.6 Å². The lowest BCUT2D eigenvalue weighted by molar-refractivity contribution is 0.587. The van der Waals surface area contributed by atoms with E-state index in [2.05, 4.69) is 14.7 Å². The van der Waals surface area contributed by atoms with Gasteiger partial charge < -0.3 is 0 Å². The molecule has 1 aromatic rings. The van der Waals surface area contributed by atoms with Gasteiger partial charge in [0, 0.05) is 6.20 Å². The zero-order chi connectivity index (χ0) is 9.47. The van der Waals surface area contributed by atoms with Gasteiger partial charge in [0.05, 0.1) is 11.4 Å². The van der Waals surface area contributed by atoms with Gasteiger partial charge in [-0.15, -0.1) is 0 Å². The Morgan fingerprint density at radius 3 is 2.85 bits per heavy atom. The van der Waals surface area contributed by atoms with Crippen LogP contribution in [-0.2, 0) is 10.0 Å². The molecule has 6 heteroatoms. The summed E-state index contributed by atoms with van der Waals surface area (Å²) in [5.41, 5.74) is 0.896. The molecule has 0 radical (unpaired) electrons. The van der Waals surface area contributed by atoms with Crippen molar-refractivity contribution in [1.82, 2.24) is 14.7 Å². The van der Waals surface area contributed by atoms with E-state index in [1.165, 1.54) is 12.5 Å². The summed E-state index contributed by atoms with van der Waals surface area (Å²) in [7, 11) is -3.43. The fraction of sp³-hybridized carbons (Fsp3) is 0.143. The molecule has 5 nitrogen and oxygen atoms in total. The van der Waals surface area contributed by atoms with E-state index < -0.39 is 10.0 Å². The van der Waals surface area contributed by atoms with Gasteiger partial charge in [-0.05, 0) is 13.0 Å². The van der Waals surface area contributed by atoms with Crippen LogP contribution in [-0.4, -0.2) is 18.4 Å². The van der Waals surface area contributed by atoms with Crippen molar-refractivity contribution >= 4 is 16.1 Å². The van der Waals surface area contributed by atoms with Gasteiger partial charge in [0.15, 0.2) is 0 Å². The molecule has 1 N–H and O–H groups in total. The summed E-state index contributed by atoms with van der Waals surface area (Å²) in [5.74, 6) is 0. The SMILES string of the molecule is Cc1ncnc2c1S(=O)(=O)NC=C2. The molecule has 0 aliphatic carbocycles. The largest absolute Gasteiger partial charge is 0.286 e. The van der Waals surface area contributed by atoms with Crippen molar-refractivity contribution in [3.63, 3.8) is 0 Å². The Balaban J connectivity index is 2.84. The van der Waals surface area contributed by atoms with Gasteiger partial charge in [0.1, 0.15) is 11.2 Å². The van der Waals surface area contributed by atoms with Crippen molar-refractivity contribution in [3.05, 3.63) is 23.9 Å². The average molecular weight is 197 g/mol. The predicted octanol–water partition coefficient (Wildman–Crippen LogP) is 0.0476. The van der Waals surface area contributed by atoms with E-state index in [1.54, 1.807) is 13.0 Å². The number of rotatable bonds is 0. The summed E-state index contributed by atoms with van der Waals surface area (Å²) < 4.78 is 25.2. The molecule has 2 rings (SSSR count). The number of hydrogen-bond donors (Lipinski definition) is 1. The number of fused-ring (bicyclic) bond motifs is 1. The number of aromatic nitrogens is 2. The third-order valence-corrected chi connectivity index (χ3v) is 3.23. The van der Waals surface area contributed by atoms with Gasteiger partial charge >= 0.3 is 0 Å². The fourth-order valence-electron chi connectivity index (χ4n) is 1.19. The Morgan fingerprint density at radius 1 is 1.38 bits per heavy atom. The molecular formula is C7H7N3O2S. The Hall–Kier alpha value is -1.43. The second-order valence-electron chi connectivity index (χ2n) is 2.63. The lowest BCUT2D eigenvalue weighted by atomic mass is 10.3. The molecule has 0 fully saturated rings. The van der Waals surface area contributed by atoms with Crippen molar-refractivity contribution in [2.24, 2.45) is 0 Å². The van der Waals surface area contributed by atoms with Gasteiger partial charge in [0.25, 0.3) is 10.0 Å². The number of aryl methyl sites for hydroxylation is 1. The van der Waals surface area contributed by atoms with Crippen LogP contribution in [0.3, 0.4) is 0 Å². The first kappa shape index (κ1) is 8.18. The van der Waals surface area contributed by atoms with E-state index in [1.807, 2.05) is 0 Å². The van der Waals surface area contributed by atoms with Crippen LogP contribution < -0.4 is 4.72 Å². The zero-order valence-electron chi connectivity index (χ0n) is 6.85. The van der Waals surface area contributed by atoms with Crippen molar-refractivity contribution in [2.45, 2.75) is 11.8 Å². The summed E-state index contributed by atoms with van der Waals surface area (Å²) >= 11 is 0. The van der Waals surface area contributed by atoms with Crippen LogP contribution in [0.4, 0.5) is 0 Å². The van der Waals surface area contributed by atoms with E-state index in [0.29, 0.717) is 11.4 Å². The highest BCUT2D eigenvalue weighted by molar-refractivity contribution is 7.89. The summed E-state index contributed by atoms with van der Waals surface area (Å²) in [4.78, 5) is 7.85. The van der Waals surface area contributed by atoms with Crippen LogP contribution in [0.5, 0.6) is 0 Å². The van der Waals surface area contributed by atoms with E-state index in [-0.39, 0.29) is 4.90 Å². The summed E-state index contributed by atoms with van der Waals surface area (Å²) in [6.07, 6.45) is 4.30. The van der Waals surface area contributed by atoms with Gasteiger partial charge in [-0.1, -0.05) is 0 Å². The zero-order valence-corrected chi connectivity index (χ0v) is 7.67. The van der Waals surface area contributed by atoms with Crippen molar-refractivity contribution < 1.29 is 8.42 Å². The molecule has 2 heterocycles. The first-order valence-corrected chi connectivity index (χ1v) is 5.10. The molecule has 1 aromatic heterocycles. The maximum Gasteiger partial charge on any atom is 0.265 e. The number of hydrogen-bond acceptors (Lipinski definition) is 4. The minimum Gasteiger partial charge on any atom is -0.286 e. The first-order chi connectivity index (χ1) is 6.11. The quantitative estimate of drug-likeness (QED) is 0.637. The second kappa shape index (κ2) is 2.53. The predicted molar refractivity (Wildman–Crippen MR) is 46.1 cm³/mol. The lowest BCUT2D eigenvalue weighted by Crippen LogP contribution is -2.23. The van der Waals surface area contributed by atoms with Crippen LogP contribution in [0.15, 0.2) is 17.4 Å². The van der Waals surface area contributed by atoms with E-state index >= 15 is 0 Å². The maximum atomic E-state index is 11.5. The molecule has 0 atom stereocenters. The van der Waals surface area contributed by atoms with Gasteiger partial charge in [-0.2, -0.15) is 0 Å². The Morgan fingerprint density at radius 2 is 2.15 bits per heavy atom. The summed E-state index contributed by atoms with van der Waals surface area (Å²) in [6, 6.07) is 0. The number of sulfonamides is 1. The van der Waals surface area contributed by atoms with Crippen molar-refractivity contribution in [2.75, 3.05) is 0 Å². The minimum atomic E-state index is -3.43.